The van der Waals surface area contributed by atoms with Crippen LogP contribution in [0.25, 0.3) is 11.6 Å². The minimum absolute atomic E-state index is 0.0135. The Morgan fingerprint density at radius 3 is 2.11 bits per heavy atom. The zero-order chi connectivity index (χ0) is 25.7. The minimum atomic E-state index is -0.438. The molecule has 5 heteroatoms. The van der Waals surface area contributed by atoms with Gasteiger partial charge in [0.2, 0.25) is 10.9 Å². The number of allylic oxidation sites excluding steroid dienone is 1. The van der Waals surface area contributed by atoms with E-state index in [0.717, 1.165) is 28.3 Å². The Balaban J connectivity index is 1.91. The average molecular weight is 468 g/mol. The predicted molar refractivity (Wildman–Crippen MR) is 140 cm³/mol. The van der Waals surface area contributed by atoms with E-state index in [1.807, 2.05) is 60.6 Å². The van der Waals surface area contributed by atoms with Crippen LogP contribution in [0.15, 0.2) is 62.7 Å². The van der Waals surface area contributed by atoms with Gasteiger partial charge in [-0.2, -0.15) is 5.26 Å². The zero-order valence-electron chi connectivity index (χ0n) is 21.4. The molecule has 0 bridgehead atoms. The zero-order valence-corrected chi connectivity index (χ0v) is 21.4. The molecule has 2 heterocycles. The topological polar surface area (TPSA) is 72.5 Å². The van der Waals surface area contributed by atoms with E-state index < -0.39 is 5.92 Å². The summed E-state index contributed by atoms with van der Waals surface area (Å²) in [7, 11) is 1.93. The Morgan fingerprint density at radius 2 is 1.57 bits per heavy atom. The number of nitrogens with zero attached hydrogens (tertiary/aromatic N) is 2. The number of para-hydroxylation sites is 1. The van der Waals surface area contributed by atoms with Gasteiger partial charge in [0, 0.05) is 37.0 Å². The number of hydrogen-bond acceptors (Lipinski definition) is 4. The molecule has 1 aliphatic heterocycles. The van der Waals surface area contributed by atoms with E-state index in [-0.39, 0.29) is 37.7 Å². The fourth-order valence-corrected chi connectivity index (χ4v) is 4.30. The molecule has 0 aliphatic carbocycles. The van der Waals surface area contributed by atoms with Gasteiger partial charge in [0.1, 0.15) is 0 Å². The molecule has 1 aromatic heterocycles. The van der Waals surface area contributed by atoms with Crippen LogP contribution in [0.1, 0.15) is 70.1 Å². The highest BCUT2D eigenvalue weighted by atomic mass is 16.3. The summed E-state index contributed by atoms with van der Waals surface area (Å²) in [5.41, 5.74) is 1.53. The summed E-state index contributed by atoms with van der Waals surface area (Å²) >= 11 is 0. The molecule has 1 unspecified atom stereocenters. The van der Waals surface area contributed by atoms with E-state index in [9.17, 15) is 14.9 Å². The molecule has 3 aromatic rings. The second kappa shape index (κ2) is 8.46. The first kappa shape index (κ1) is 24.3. The number of fused-ring (bicyclic) bond motifs is 1. The second-order valence-corrected chi connectivity index (χ2v) is 11.2. The standard InChI is InChI=1S/C30H31N2O3/c1-29(2,3)24-15-18(16-25(35-24)30(4,5)6)14-21-27(33)26(28(21)34)22(17-31)19-12-13-32(7)23-11-9-8-10-20(19)23/h8-16,19H,1-7H3/q+1. The highest BCUT2D eigenvalue weighted by Crippen LogP contribution is 2.36. The van der Waals surface area contributed by atoms with Crippen LogP contribution in [0, 0.1) is 11.3 Å². The van der Waals surface area contributed by atoms with Gasteiger partial charge in [0.15, 0.2) is 0 Å². The molecular weight excluding hydrogens is 436 g/mol. The van der Waals surface area contributed by atoms with E-state index in [2.05, 4.69) is 47.6 Å². The average Bonchev–Trinajstić information content (AvgIpc) is 2.80. The molecule has 0 spiro atoms. The predicted octanol–water partition coefficient (Wildman–Crippen LogP) is 4.00. The van der Waals surface area contributed by atoms with Crippen molar-refractivity contribution in [3.05, 3.63) is 102 Å². The lowest BCUT2D eigenvalue weighted by Gasteiger charge is -2.27. The highest BCUT2D eigenvalue weighted by Gasteiger charge is 2.34. The molecule has 1 atom stereocenters. The first-order chi connectivity index (χ1) is 16.3. The number of anilines is 1. The van der Waals surface area contributed by atoms with E-state index >= 15 is 0 Å². The van der Waals surface area contributed by atoms with Gasteiger partial charge >= 0.3 is 11.5 Å². The van der Waals surface area contributed by atoms with Crippen molar-refractivity contribution >= 4 is 17.3 Å². The normalized spacial score (nSPS) is 15.6. The van der Waals surface area contributed by atoms with Gasteiger partial charge in [-0.05, 0) is 64.8 Å². The molecule has 178 valence electrons. The lowest BCUT2D eigenvalue weighted by Crippen LogP contribution is -2.65. The van der Waals surface area contributed by atoms with Crippen LogP contribution in [0.3, 0.4) is 0 Å². The number of nitriles is 1. The number of benzene rings is 1. The van der Waals surface area contributed by atoms with Crippen molar-refractivity contribution in [2.75, 3.05) is 11.9 Å². The number of rotatable bonds is 2. The minimum Gasteiger partial charge on any atom is -0.351 e. The molecule has 0 saturated carbocycles. The van der Waals surface area contributed by atoms with Crippen molar-refractivity contribution in [2.45, 2.75) is 58.3 Å². The van der Waals surface area contributed by atoms with Gasteiger partial charge in [-0.1, -0.05) is 24.3 Å². The van der Waals surface area contributed by atoms with Gasteiger partial charge in [0.25, 0.3) is 0 Å². The molecule has 0 amide bonds. The molecule has 5 nitrogen and oxygen atoms in total. The number of hydrogen-bond donors (Lipinski definition) is 0. The quantitative estimate of drug-likeness (QED) is 0.533. The summed E-state index contributed by atoms with van der Waals surface area (Å²) in [5.74, 6) is 1.11. The maximum atomic E-state index is 13.2. The molecular formula is C30H31N2O3+. The first-order valence-corrected chi connectivity index (χ1v) is 11.8. The van der Waals surface area contributed by atoms with Crippen LogP contribution in [0.5, 0.6) is 0 Å². The Hall–Kier alpha value is -3.78. The SMILES string of the molecule is CN1C=CC(C(C#N)=c2c(=O)c(=Cc3cc(C(C)(C)C)[o+]c(C(C)(C)C)c3)c2=O)c2ccccc21. The Labute approximate surface area is 205 Å². The Morgan fingerprint density at radius 1 is 1.00 bits per heavy atom. The van der Waals surface area contributed by atoms with E-state index in [0.29, 0.717) is 0 Å². The summed E-state index contributed by atoms with van der Waals surface area (Å²) in [6.07, 6.45) is 5.35. The van der Waals surface area contributed by atoms with Crippen LogP contribution in [-0.4, -0.2) is 7.05 Å². The molecule has 0 saturated heterocycles. The van der Waals surface area contributed by atoms with Gasteiger partial charge in [-0.3, -0.25) is 9.59 Å². The third-order valence-electron chi connectivity index (χ3n) is 6.40. The van der Waals surface area contributed by atoms with Crippen molar-refractivity contribution in [3.8, 4) is 6.07 Å². The molecule has 35 heavy (non-hydrogen) atoms. The van der Waals surface area contributed by atoms with Crippen molar-refractivity contribution in [2.24, 2.45) is 0 Å². The summed E-state index contributed by atoms with van der Waals surface area (Å²) in [4.78, 5) is 28.4. The maximum Gasteiger partial charge on any atom is 0.335 e. The van der Waals surface area contributed by atoms with Crippen LogP contribution in [0.4, 0.5) is 5.69 Å². The maximum absolute atomic E-state index is 13.2. The molecule has 4 rings (SSSR count). The lowest BCUT2D eigenvalue weighted by molar-refractivity contribution is 0.328. The van der Waals surface area contributed by atoms with Gasteiger partial charge in [0.05, 0.1) is 32.9 Å². The Kier molecular flexibility index (Phi) is 5.89. The van der Waals surface area contributed by atoms with Crippen molar-refractivity contribution in [1.29, 1.82) is 5.26 Å². The fourth-order valence-electron chi connectivity index (χ4n) is 4.30. The van der Waals surface area contributed by atoms with Crippen LogP contribution >= 0.6 is 0 Å². The van der Waals surface area contributed by atoms with E-state index in [1.54, 1.807) is 6.08 Å². The molecule has 0 fully saturated rings. The van der Waals surface area contributed by atoms with Crippen LogP contribution < -0.4 is 26.2 Å². The second-order valence-electron chi connectivity index (χ2n) is 11.2. The van der Waals surface area contributed by atoms with E-state index in [4.69, 9.17) is 4.42 Å². The molecule has 1 aliphatic rings. The lowest BCUT2D eigenvalue weighted by atomic mass is 9.85. The monoisotopic (exact) mass is 467 g/mol. The largest absolute Gasteiger partial charge is 0.351 e. The van der Waals surface area contributed by atoms with Crippen LogP contribution in [-0.2, 0) is 10.8 Å². The van der Waals surface area contributed by atoms with Crippen molar-refractivity contribution in [1.82, 2.24) is 0 Å². The third kappa shape index (κ3) is 4.37. The Bertz CT molecular complexity index is 1520. The first-order valence-electron chi connectivity index (χ1n) is 11.8. The van der Waals surface area contributed by atoms with Crippen molar-refractivity contribution < 1.29 is 4.42 Å². The molecule has 0 radical (unpaired) electrons. The van der Waals surface area contributed by atoms with Gasteiger partial charge in [-0.25, -0.2) is 4.42 Å². The fraction of sp³-hybridized carbons (Fsp3) is 0.333. The highest BCUT2D eigenvalue weighted by molar-refractivity contribution is 5.76. The summed E-state index contributed by atoms with van der Waals surface area (Å²) in [5, 5.41) is 10.1. The third-order valence-corrected chi connectivity index (χ3v) is 6.40. The van der Waals surface area contributed by atoms with E-state index in [1.165, 1.54) is 0 Å². The molecule has 0 N–H and O–H groups in total. The molecule has 2 aromatic carbocycles. The van der Waals surface area contributed by atoms with Crippen molar-refractivity contribution in [3.63, 3.8) is 0 Å². The summed E-state index contributed by atoms with van der Waals surface area (Å²) in [6, 6.07) is 13.6. The smallest absolute Gasteiger partial charge is 0.335 e. The van der Waals surface area contributed by atoms with Gasteiger partial charge in [-0.15, -0.1) is 0 Å². The van der Waals surface area contributed by atoms with Crippen LogP contribution in [0.2, 0.25) is 0 Å². The summed E-state index contributed by atoms with van der Waals surface area (Å²) < 4.78 is 6.17. The van der Waals surface area contributed by atoms with Gasteiger partial charge < -0.3 is 4.90 Å². The summed E-state index contributed by atoms with van der Waals surface area (Å²) in [6.45, 7) is 12.3.